The number of thiophene rings is 1. The molecule has 8 rings (SSSR count). The van der Waals surface area contributed by atoms with Crippen molar-refractivity contribution in [2.75, 3.05) is 43.4 Å². The third-order valence-corrected chi connectivity index (χ3v) is 11.2. The topological polar surface area (TPSA) is 137 Å². The largest absolute Gasteiger partial charge is 0.461 e. The quantitative estimate of drug-likeness (QED) is 0.219. The number of imide groups is 1. The number of carbonyl (C=O) groups excluding carboxylic acids is 2. The van der Waals surface area contributed by atoms with Crippen LogP contribution in [0, 0.1) is 34.8 Å². The van der Waals surface area contributed by atoms with Crippen LogP contribution in [0.1, 0.15) is 30.4 Å². The number of nitrogens with one attached hydrogen (secondary N) is 1. The Morgan fingerprint density at radius 2 is 1.88 bits per heavy atom. The van der Waals surface area contributed by atoms with E-state index in [0.29, 0.717) is 30.4 Å². The summed E-state index contributed by atoms with van der Waals surface area (Å²) in [7, 11) is 0. The Kier molecular flexibility index (Phi) is 7.03. The summed E-state index contributed by atoms with van der Waals surface area (Å²) in [6.07, 6.45) is -4.63. The lowest BCUT2D eigenvalue weighted by molar-refractivity contribution is -0.137. The number of nitriles is 1. The molecule has 254 valence electrons. The molecular weight excluding hydrogens is 676 g/mol. The van der Waals surface area contributed by atoms with Gasteiger partial charge in [-0.25, -0.2) is 13.2 Å². The highest BCUT2D eigenvalue weighted by Crippen LogP contribution is 2.49. The third kappa shape index (κ3) is 4.78. The lowest BCUT2D eigenvalue weighted by Crippen LogP contribution is -2.43. The molecule has 4 aliphatic heterocycles. The number of hydrogen-bond donors (Lipinski definition) is 2. The molecule has 17 heteroatoms. The third-order valence-electron chi connectivity index (χ3n) is 10.2. The molecule has 3 N–H and O–H groups in total. The monoisotopic (exact) mass is 701 g/mol. The molecule has 2 aromatic heterocycles. The molecule has 4 saturated heterocycles. The number of alkyl halides is 4. The molecule has 0 radical (unpaired) electrons. The predicted octanol–water partition coefficient (Wildman–Crippen LogP) is 4.93. The first-order valence-corrected chi connectivity index (χ1v) is 16.3. The molecule has 4 aliphatic rings. The van der Waals surface area contributed by atoms with Gasteiger partial charge in [-0.05, 0) is 37.1 Å². The van der Waals surface area contributed by atoms with E-state index < -0.39 is 81.4 Å². The molecule has 2 unspecified atom stereocenters. The van der Waals surface area contributed by atoms with Crippen LogP contribution in [0.2, 0.25) is 0 Å². The van der Waals surface area contributed by atoms with Crippen LogP contribution in [0.25, 0.3) is 32.1 Å². The summed E-state index contributed by atoms with van der Waals surface area (Å²) in [5, 5.41) is 11.2. The van der Waals surface area contributed by atoms with Crippen LogP contribution >= 0.6 is 11.3 Å². The van der Waals surface area contributed by atoms with Crippen molar-refractivity contribution < 1.29 is 40.7 Å². The number of nitrogen functional groups attached to an aromatic ring is 1. The van der Waals surface area contributed by atoms with Gasteiger partial charge in [0.15, 0.2) is 5.82 Å². The zero-order chi connectivity index (χ0) is 34.6. The summed E-state index contributed by atoms with van der Waals surface area (Å²) in [5.41, 5.74) is 1.52. The fraction of sp³-hybridized carbons (Fsp3) is 0.406. The van der Waals surface area contributed by atoms with Crippen LogP contribution in [-0.4, -0.2) is 71.2 Å². The maximum Gasteiger partial charge on any atom is 0.417 e. The summed E-state index contributed by atoms with van der Waals surface area (Å²) in [6.45, 7) is 0.610. The molecule has 4 aromatic rings. The van der Waals surface area contributed by atoms with Crippen LogP contribution in [-0.2, 0) is 15.8 Å². The first kappa shape index (κ1) is 31.6. The molecule has 2 aromatic carbocycles. The van der Waals surface area contributed by atoms with Crippen LogP contribution in [0.3, 0.4) is 0 Å². The highest BCUT2D eigenvalue weighted by Gasteiger charge is 2.51. The van der Waals surface area contributed by atoms with Crippen molar-refractivity contribution in [1.29, 1.82) is 5.26 Å². The predicted molar refractivity (Wildman–Crippen MR) is 165 cm³/mol. The van der Waals surface area contributed by atoms with E-state index in [1.54, 1.807) is 6.07 Å². The van der Waals surface area contributed by atoms with E-state index >= 15 is 4.39 Å². The summed E-state index contributed by atoms with van der Waals surface area (Å²) >= 11 is 0.651. The van der Waals surface area contributed by atoms with Gasteiger partial charge in [0.05, 0.1) is 33.2 Å². The number of ether oxygens (including phenoxy) is 1. The summed E-state index contributed by atoms with van der Waals surface area (Å²) in [5.74, 6) is -5.18. The molecule has 0 bridgehead atoms. The van der Waals surface area contributed by atoms with Gasteiger partial charge >= 0.3 is 12.2 Å². The molecule has 2 amide bonds. The molecule has 4 fully saturated rings. The van der Waals surface area contributed by atoms with Crippen molar-refractivity contribution in [3.05, 3.63) is 41.0 Å². The van der Waals surface area contributed by atoms with Crippen molar-refractivity contribution in [3.63, 3.8) is 0 Å². The number of carbonyl (C=O) groups is 2. The van der Waals surface area contributed by atoms with E-state index in [0.717, 1.165) is 18.6 Å². The second-order valence-corrected chi connectivity index (χ2v) is 14.0. The molecule has 0 spiro atoms. The van der Waals surface area contributed by atoms with Crippen LogP contribution in [0.5, 0.6) is 6.01 Å². The molecule has 0 saturated carbocycles. The minimum absolute atomic E-state index is 0.0715. The van der Waals surface area contributed by atoms with E-state index in [-0.39, 0.29) is 64.5 Å². The van der Waals surface area contributed by atoms with Crippen LogP contribution in [0.4, 0.5) is 37.2 Å². The SMILES string of the molecule is N#Cc1c(N)sc2c(F)ccc(-c3c(C(F)(F)F)cc4c(N5CC6C(=O)NC(=O)C6C5)nc(OC[C@@]56CCCN5C[C@H](F)C6)nc4c3F)c12. The second kappa shape index (κ2) is 10.9. The van der Waals surface area contributed by atoms with Crippen molar-refractivity contribution in [3.8, 4) is 23.2 Å². The lowest BCUT2D eigenvalue weighted by atomic mass is 9.92. The van der Waals surface area contributed by atoms with E-state index in [4.69, 9.17) is 10.5 Å². The van der Waals surface area contributed by atoms with E-state index in [2.05, 4.69) is 15.3 Å². The minimum Gasteiger partial charge on any atom is -0.461 e. The van der Waals surface area contributed by atoms with Crippen molar-refractivity contribution in [2.24, 2.45) is 11.8 Å². The van der Waals surface area contributed by atoms with Gasteiger partial charge in [0.2, 0.25) is 11.8 Å². The molecule has 6 heterocycles. The number of rotatable bonds is 5. The highest BCUT2D eigenvalue weighted by atomic mass is 32.1. The van der Waals surface area contributed by atoms with Gasteiger partial charge in [-0.15, -0.1) is 11.3 Å². The zero-order valence-electron chi connectivity index (χ0n) is 25.3. The number of hydrogen-bond acceptors (Lipinski definition) is 10. The average molecular weight is 702 g/mol. The standard InChI is InChI=1S/C32H25F6N7O3S/c33-13-7-31(4-1-5-45(31)9-13)12-48-30-41-24-15(27(42-30)44-10-17-18(11-44)29(47)43-28(17)46)6-19(32(36,37)38)22(23(24)35)14-2-3-20(34)25-21(14)16(8-39)26(40)49-25/h2-3,6,13,17-18H,1,4-5,7,9-12,40H2,(H,43,46,47)/t13-,17?,18?,31+/m1/s1. The number of fused-ring (bicyclic) bond motifs is 4. The first-order chi connectivity index (χ1) is 23.3. The average Bonchev–Trinajstić information content (AvgIpc) is 3.84. The number of nitrogens with two attached hydrogens (primary N) is 1. The van der Waals surface area contributed by atoms with Gasteiger partial charge < -0.3 is 15.4 Å². The maximum absolute atomic E-state index is 17.0. The number of amides is 2. The molecule has 49 heavy (non-hydrogen) atoms. The Balaban J connectivity index is 1.34. The Morgan fingerprint density at radius 3 is 2.57 bits per heavy atom. The second-order valence-electron chi connectivity index (χ2n) is 12.9. The Labute approximate surface area is 277 Å². The van der Waals surface area contributed by atoms with Gasteiger partial charge in [-0.3, -0.25) is 19.8 Å². The van der Waals surface area contributed by atoms with E-state index in [1.165, 1.54) is 4.90 Å². The van der Waals surface area contributed by atoms with Gasteiger partial charge in [0.1, 0.15) is 41.0 Å². The van der Waals surface area contributed by atoms with Crippen molar-refractivity contribution >= 4 is 55.0 Å². The summed E-state index contributed by atoms with van der Waals surface area (Å²) in [4.78, 5) is 37.0. The zero-order valence-corrected chi connectivity index (χ0v) is 26.2. The number of anilines is 2. The van der Waals surface area contributed by atoms with Crippen molar-refractivity contribution in [2.45, 2.75) is 37.1 Å². The maximum atomic E-state index is 17.0. The number of aromatic nitrogens is 2. The summed E-state index contributed by atoms with van der Waals surface area (Å²) < 4.78 is 96.8. The molecular formula is C32H25F6N7O3S. The van der Waals surface area contributed by atoms with Crippen LogP contribution < -0.4 is 20.7 Å². The van der Waals surface area contributed by atoms with Gasteiger partial charge in [-0.1, -0.05) is 6.07 Å². The smallest absolute Gasteiger partial charge is 0.417 e. The van der Waals surface area contributed by atoms with Crippen molar-refractivity contribution in [1.82, 2.24) is 20.2 Å². The van der Waals surface area contributed by atoms with Gasteiger partial charge in [0, 0.05) is 42.4 Å². The fourth-order valence-electron chi connectivity index (χ4n) is 7.95. The Hall–Kier alpha value is -4.69. The summed E-state index contributed by atoms with van der Waals surface area (Å²) in [6, 6.07) is 3.89. The molecule has 10 nitrogen and oxygen atoms in total. The number of benzene rings is 2. The fourth-order valence-corrected chi connectivity index (χ4v) is 8.90. The highest BCUT2D eigenvalue weighted by molar-refractivity contribution is 7.23. The first-order valence-electron chi connectivity index (χ1n) is 15.4. The Bertz CT molecular complexity index is 2130. The number of nitrogens with zero attached hydrogens (tertiary/aromatic N) is 5. The number of halogens is 6. The Morgan fingerprint density at radius 1 is 1.14 bits per heavy atom. The van der Waals surface area contributed by atoms with Crippen LogP contribution in [0.15, 0.2) is 18.2 Å². The van der Waals surface area contributed by atoms with Gasteiger partial charge in [0.25, 0.3) is 0 Å². The van der Waals surface area contributed by atoms with E-state index in [9.17, 15) is 36.8 Å². The normalized spacial score (nSPS) is 25.3. The molecule has 4 atom stereocenters. The minimum atomic E-state index is -5.17. The van der Waals surface area contributed by atoms with E-state index in [1.807, 2.05) is 4.90 Å². The molecule has 0 aliphatic carbocycles. The van der Waals surface area contributed by atoms with Gasteiger partial charge in [-0.2, -0.15) is 28.4 Å². The lowest BCUT2D eigenvalue weighted by Gasteiger charge is -2.31.